The molecule has 4 nitrogen and oxygen atoms in total. The first kappa shape index (κ1) is 12.9. The maximum absolute atomic E-state index is 12.9. The quantitative estimate of drug-likeness (QED) is 0.727. The van der Waals surface area contributed by atoms with E-state index in [4.69, 9.17) is 5.73 Å². The third kappa shape index (κ3) is 2.82. The molecule has 0 saturated carbocycles. The van der Waals surface area contributed by atoms with Gasteiger partial charge in [-0.15, -0.1) is 0 Å². The molecule has 0 aromatic heterocycles. The van der Waals surface area contributed by atoms with Crippen molar-refractivity contribution < 1.29 is 14.3 Å². The predicted molar refractivity (Wildman–Crippen MR) is 71.6 cm³/mol. The van der Waals surface area contributed by atoms with Crippen LogP contribution in [0.2, 0.25) is 0 Å². The number of halogens is 1. The fourth-order valence-electron chi connectivity index (χ4n) is 1.59. The number of carbonyl (C=O) groups excluding carboxylic acids is 1. The average molecular weight is 260 g/mol. The molecular formula is C14H13FN2O2. The van der Waals surface area contributed by atoms with Crippen LogP contribution in [0, 0.1) is 12.7 Å². The Morgan fingerprint density at radius 3 is 2.63 bits per heavy atom. The van der Waals surface area contributed by atoms with Gasteiger partial charge in [-0.05, 0) is 42.8 Å². The van der Waals surface area contributed by atoms with Gasteiger partial charge in [0.25, 0.3) is 5.91 Å². The zero-order valence-corrected chi connectivity index (χ0v) is 10.3. The Kier molecular flexibility index (Phi) is 3.37. The number of amides is 1. The minimum Gasteiger partial charge on any atom is -0.508 e. The Morgan fingerprint density at radius 1 is 1.26 bits per heavy atom. The zero-order valence-electron chi connectivity index (χ0n) is 10.3. The van der Waals surface area contributed by atoms with Crippen LogP contribution in [0.5, 0.6) is 5.75 Å². The molecule has 0 saturated heterocycles. The third-order valence-corrected chi connectivity index (χ3v) is 2.73. The van der Waals surface area contributed by atoms with Crippen molar-refractivity contribution in [1.82, 2.24) is 0 Å². The predicted octanol–water partition coefficient (Wildman–Crippen LogP) is 2.67. The van der Waals surface area contributed by atoms with Crippen molar-refractivity contribution in [3.63, 3.8) is 0 Å². The van der Waals surface area contributed by atoms with E-state index in [1.165, 1.54) is 18.2 Å². The Morgan fingerprint density at radius 2 is 2.00 bits per heavy atom. The number of benzene rings is 2. The second-order valence-electron chi connectivity index (χ2n) is 4.19. The number of hydrogen-bond donors (Lipinski definition) is 3. The first-order valence-corrected chi connectivity index (χ1v) is 5.63. The van der Waals surface area contributed by atoms with Crippen LogP contribution >= 0.6 is 0 Å². The van der Waals surface area contributed by atoms with Gasteiger partial charge >= 0.3 is 0 Å². The second kappa shape index (κ2) is 4.97. The monoisotopic (exact) mass is 260 g/mol. The molecule has 5 heteroatoms. The number of nitrogens with one attached hydrogen (secondary N) is 1. The van der Waals surface area contributed by atoms with E-state index in [0.717, 1.165) is 6.07 Å². The molecule has 0 aliphatic rings. The highest BCUT2D eigenvalue weighted by molar-refractivity contribution is 6.06. The molecule has 0 aliphatic heterocycles. The molecule has 0 bridgehead atoms. The van der Waals surface area contributed by atoms with Crippen LogP contribution in [0.1, 0.15) is 15.9 Å². The smallest absolute Gasteiger partial charge is 0.255 e. The second-order valence-corrected chi connectivity index (χ2v) is 4.19. The lowest BCUT2D eigenvalue weighted by Gasteiger charge is -2.09. The van der Waals surface area contributed by atoms with Gasteiger partial charge in [-0.3, -0.25) is 4.79 Å². The molecule has 0 atom stereocenters. The Balaban J connectivity index is 2.23. The summed E-state index contributed by atoms with van der Waals surface area (Å²) in [7, 11) is 0. The highest BCUT2D eigenvalue weighted by Crippen LogP contribution is 2.22. The van der Waals surface area contributed by atoms with Gasteiger partial charge < -0.3 is 16.2 Å². The maximum atomic E-state index is 12.9. The molecule has 1 amide bonds. The number of hydrogen-bond acceptors (Lipinski definition) is 3. The molecule has 19 heavy (non-hydrogen) atoms. The highest BCUT2D eigenvalue weighted by Gasteiger charge is 2.10. The maximum Gasteiger partial charge on any atom is 0.255 e. The first-order valence-electron chi connectivity index (χ1n) is 5.63. The van der Waals surface area contributed by atoms with Crippen molar-refractivity contribution in [1.29, 1.82) is 0 Å². The Hall–Kier alpha value is -2.56. The largest absolute Gasteiger partial charge is 0.508 e. The molecule has 0 radical (unpaired) electrons. The Labute approximate surface area is 109 Å². The summed E-state index contributed by atoms with van der Waals surface area (Å²) in [5.41, 5.74) is 7.04. The van der Waals surface area contributed by atoms with Crippen molar-refractivity contribution in [3.8, 4) is 5.75 Å². The summed E-state index contributed by atoms with van der Waals surface area (Å²) in [6.45, 7) is 1.73. The standard InChI is InChI=1S/C14H13FN2O2/c1-8-2-3-9(6-13(8)18)14(19)17-12-5-4-10(15)7-11(12)16/h2-7,18H,16H2,1H3,(H,17,19). The van der Waals surface area contributed by atoms with Crippen molar-refractivity contribution in [2.24, 2.45) is 0 Å². The number of rotatable bonds is 2. The van der Waals surface area contributed by atoms with Crippen LogP contribution in [-0.2, 0) is 0 Å². The molecule has 2 aromatic carbocycles. The zero-order chi connectivity index (χ0) is 14.0. The van der Waals surface area contributed by atoms with E-state index in [-0.39, 0.29) is 11.4 Å². The van der Waals surface area contributed by atoms with E-state index >= 15 is 0 Å². The van der Waals surface area contributed by atoms with Crippen LogP contribution in [0.3, 0.4) is 0 Å². The van der Waals surface area contributed by atoms with Gasteiger partial charge in [0.15, 0.2) is 0 Å². The van der Waals surface area contributed by atoms with Crippen LogP contribution < -0.4 is 11.1 Å². The van der Waals surface area contributed by atoms with E-state index in [1.54, 1.807) is 19.1 Å². The number of phenols is 1. The molecule has 98 valence electrons. The minimum absolute atomic E-state index is 0.0414. The van der Waals surface area contributed by atoms with E-state index in [9.17, 15) is 14.3 Å². The lowest BCUT2D eigenvalue weighted by molar-refractivity contribution is 0.102. The molecular weight excluding hydrogens is 247 g/mol. The fourth-order valence-corrected chi connectivity index (χ4v) is 1.59. The van der Waals surface area contributed by atoms with Crippen LogP contribution in [0.15, 0.2) is 36.4 Å². The van der Waals surface area contributed by atoms with E-state index < -0.39 is 11.7 Å². The number of nitrogens with two attached hydrogens (primary N) is 1. The van der Waals surface area contributed by atoms with Gasteiger partial charge in [-0.2, -0.15) is 0 Å². The van der Waals surface area contributed by atoms with Crippen LogP contribution in [0.25, 0.3) is 0 Å². The molecule has 4 N–H and O–H groups in total. The summed E-state index contributed by atoms with van der Waals surface area (Å²) in [5, 5.41) is 12.1. The van der Waals surface area contributed by atoms with Crippen LogP contribution in [0.4, 0.5) is 15.8 Å². The van der Waals surface area contributed by atoms with E-state index in [2.05, 4.69) is 5.32 Å². The molecule has 0 unspecified atom stereocenters. The lowest BCUT2D eigenvalue weighted by Crippen LogP contribution is -2.13. The Bertz CT molecular complexity index is 641. The average Bonchev–Trinajstić information content (AvgIpc) is 2.36. The molecule has 0 spiro atoms. The molecule has 2 aromatic rings. The van der Waals surface area contributed by atoms with Crippen LogP contribution in [-0.4, -0.2) is 11.0 Å². The minimum atomic E-state index is -0.469. The summed E-state index contributed by atoms with van der Waals surface area (Å²) in [5.74, 6) is -0.850. The molecule has 0 aliphatic carbocycles. The number of phenolic OH excluding ortho intramolecular Hbond substituents is 1. The summed E-state index contributed by atoms with van der Waals surface area (Å²) in [6, 6.07) is 8.31. The number of anilines is 2. The summed E-state index contributed by atoms with van der Waals surface area (Å²) < 4.78 is 12.9. The fraction of sp³-hybridized carbons (Fsp3) is 0.0714. The summed E-state index contributed by atoms with van der Waals surface area (Å²) >= 11 is 0. The lowest BCUT2D eigenvalue weighted by atomic mass is 10.1. The number of aryl methyl sites for hydroxylation is 1. The van der Waals surface area contributed by atoms with Gasteiger partial charge in [0, 0.05) is 5.56 Å². The molecule has 0 fully saturated rings. The highest BCUT2D eigenvalue weighted by atomic mass is 19.1. The van der Waals surface area contributed by atoms with Gasteiger partial charge in [-0.1, -0.05) is 6.07 Å². The van der Waals surface area contributed by atoms with Gasteiger partial charge in [0.2, 0.25) is 0 Å². The summed E-state index contributed by atoms with van der Waals surface area (Å²) in [6.07, 6.45) is 0. The van der Waals surface area contributed by atoms with Crippen molar-refractivity contribution >= 4 is 17.3 Å². The SMILES string of the molecule is Cc1ccc(C(=O)Nc2ccc(F)cc2N)cc1O. The van der Waals surface area contributed by atoms with E-state index in [1.807, 2.05) is 0 Å². The van der Waals surface area contributed by atoms with Crippen molar-refractivity contribution in [2.45, 2.75) is 6.92 Å². The van der Waals surface area contributed by atoms with Gasteiger partial charge in [0.05, 0.1) is 11.4 Å². The van der Waals surface area contributed by atoms with E-state index in [0.29, 0.717) is 16.8 Å². The number of carbonyl (C=O) groups is 1. The van der Waals surface area contributed by atoms with Crippen molar-refractivity contribution in [2.75, 3.05) is 11.1 Å². The molecule has 2 rings (SSSR count). The van der Waals surface area contributed by atoms with Gasteiger partial charge in [0.1, 0.15) is 11.6 Å². The normalized spacial score (nSPS) is 10.2. The first-order chi connectivity index (χ1) is 8.97. The van der Waals surface area contributed by atoms with Gasteiger partial charge in [-0.25, -0.2) is 4.39 Å². The summed E-state index contributed by atoms with van der Waals surface area (Å²) in [4.78, 5) is 11.9. The topological polar surface area (TPSA) is 75.4 Å². The van der Waals surface area contributed by atoms with Crippen molar-refractivity contribution in [3.05, 3.63) is 53.3 Å². The molecule has 0 heterocycles. The third-order valence-electron chi connectivity index (χ3n) is 2.73. The number of aromatic hydroxyl groups is 1. The number of nitrogen functional groups attached to an aromatic ring is 1.